The molecule has 1 rings (SSSR count). The second-order valence-electron chi connectivity index (χ2n) is 4.13. The minimum atomic E-state index is -0.0793. The maximum Gasteiger partial charge on any atom is 0.224 e. The first-order chi connectivity index (χ1) is 8.17. The van der Waals surface area contributed by atoms with Gasteiger partial charge in [-0.2, -0.15) is 0 Å². The Morgan fingerprint density at radius 3 is 2.82 bits per heavy atom. The SMILES string of the molecule is COCC(C)CC(=O)Nc1ccccc1CO. The van der Waals surface area contributed by atoms with Crippen molar-refractivity contribution in [3.05, 3.63) is 29.8 Å². The quantitative estimate of drug-likeness (QED) is 0.793. The van der Waals surface area contributed by atoms with Crippen LogP contribution in [0.1, 0.15) is 18.9 Å². The number of hydrogen-bond donors (Lipinski definition) is 2. The number of anilines is 1. The summed E-state index contributed by atoms with van der Waals surface area (Å²) in [7, 11) is 1.62. The van der Waals surface area contributed by atoms with Gasteiger partial charge in [-0.25, -0.2) is 0 Å². The summed E-state index contributed by atoms with van der Waals surface area (Å²) in [6.07, 6.45) is 0.410. The Labute approximate surface area is 102 Å². The average molecular weight is 237 g/mol. The van der Waals surface area contributed by atoms with Crippen LogP contribution < -0.4 is 5.32 Å². The summed E-state index contributed by atoms with van der Waals surface area (Å²) >= 11 is 0. The fourth-order valence-corrected chi connectivity index (χ4v) is 1.64. The lowest BCUT2D eigenvalue weighted by Crippen LogP contribution is -2.18. The number of methoxy groups -OCH3 is 1. The Morgan fingerprint density at radius 2 is 2.18 bits per heavy atom. The number of aliphatic hydroxyl groups is 1. The monoisotopic (exact) mass is 237 g/mol. The molecule has 1 aromatic rings. The van der Waals surface area contributed by atoms with Crippen molar-refractivity contribution in [3.8, 4) is 0 Å². The van der Waals surface area contributed by atoms with Crippen LogP contribution in [0.5, 0.6) is 0 Å². The van der Waals surface area contributed by atoms with Crippen molar-refractivity contribution >= 4 is 11.6 Å². The molecule has 4 nitrogen and oxygen atoms in total. The summed E-state index contributed by atoms with van der Waals surface area (Å²) < 4.78 is 4.98. The van der Waals surface area contributed by atoms with Crippen molar-refractivity contribution in [1.29, 1.82) is 0 Å². The number of benzene rings is 1. The topological polar surface area (TPSA) is 58.6 Å². The summed E-state index contributed by atoms with van der Waals surface area (Å²) in [5, 5.41) is 11.9. The van der Waals surface area contributed by atoms with Crippen molar-refractivity contribution in [2.45, 2.75) is 20.0 Å². The van der Waals surface area contributed by atoms with Gasteiger partial charge in [-0.1, -0.05) is 25.1 Å². The Balaban J connectivity index is 2.55. The van der Waals surface area contributed by atoms with E-state index in [9.17, 15) is 4.79 Å². The van der Waals surface area contributed by atoms with Crippen molar-refractivity contribution in [3.63, 3.8) is 0 Å². The van der Waals surface area contributed by atoms with Gasteiger partial charge in [0.1, 0.15) is 0 Å². The molecule has 0 saturated heterocycles. The predicted molar refractivity (Wildman–Crippen MR) is 66.7 cm³/mol. The maximum atomic E-state index is 11.7. The molecule has 4 heteroatoms. The summed E-state index contributed by atoms with van der Waals surface area (Å²) in [6, 6.07) is 7.22. The van der Waals surface area contributed by atoms with Gasteiger partial charge in [0.25, 0.3) is 0 Å². The number of para-hydroxylation sites is 1. The summed E-state index contributed by atoms with van der Waals surface area (Å²) in [6.45, 7) is 2.44. The van der Waals surface area contributed by atoms with E-state index in [1.54, 1.807) is 19.2 Å². The normalized spacial score (nSPS) is 12.2. The molecule has 0 heterocycles. The van der Waals surface area contributed by atoms with E-state index in [0.29, 0.717) is 18.7 Å². The van der Waals surface area contributed by atoms with Crippen LogP contribution in [-0.2, 0) is 16.1 Å². The number of aliphatic hydroxyl groups excluding tert-OH is 1. The zero-order chi connectivity index (χ0) is 12.7. The first-order valence-corrected chi connectivity index (χ1v) is 5.65. The molecule has 0 spiro atoms. The van der Waals surface area contributed by atoms with Gasteiger partial charge in [0.2, 0.25) is 5.91 Å². The molecule has 0 aliphatic rings. The fraction of sp³-hybridized carbons (Fsp3) is 0.462. The molecule has 0 fully saturated rings. The number of amides is 1. The highest BCUT2D eigenvalue weighted by atomic mass is 16.5. The van der Waals surface area contributed by atoms with Crippen molar-refractivity contribution in [2.24, 2.45) is 5.92 Å². The Morgan fingerprint density at radius 1 is 1.47 bits per heavy atom. The van der Waals surface area contributed by atoms with Gasteiger partial charge in [0.15, 0.2) is 0 Å². The lowest BCUT2D eigenvalue weighted by atomic mass is 10.1. The van der Waals surface area contributed by atoms with Crippen molar-refractivity contribution in [1.82, 2.24) is 0 Å². The molecule has 1 unspecified atom stereocenters. The molecule has 1 amide bonds. The van der Waals surface area contributed by atoms with Crippen molar-refractivity contribution in [2.75, 3.05) is 19.0 Å². The highest BCUT2D eigenvalue weighted by Crippen LogP contribution is 2.15. The van der Waals surface area contributed by atoms with Crippen LogP contribution in [0.3, 0.4) is 0 Å². The molecule has 0 aliphatic carbocycles. The lowest BCUT2D eigenvalue weighted by Gasteiger charge is -2.12. The van der Waals surface area contributed by atoms with Gasteiger partial charge < -0.3 is 15.2 Å². The van der Waals surface area contributed by atoms with Gasteiger partial charge in [0, 0.05) is 31.4 Å². The van der Waals surface area contributed by atoms with Gasteiger partial charge in [-0.05, 0) is 12.0 Å². The lowest BCUT2D eigenvalue weighted by molar-refractivity contribution is -0.117. The number of carbonyl (C=O) groups is 1. The van der Waals surface area contributed by atoms with Gasteiger partial charge in [-0.3, -0.25) is 4.79 Å². The van der Waals surface area contributed by atoms with E-state index >= 15 is 0 Å². The van der Waals surface area contributed by atoms with E-state index in [1.165, 1.54) is 0 Å². The van der Waals surface area contributed by atoms with Crippen LogP contribution in [0.2, 0.25) is 0 Å². The number of carbonyl (C=O) groups excluding carboxylic acids is 1. The van der Waals surface area contributed by atoms with Crippen LogP contribution >= 0.6 is 0 Å². The zero-order valence-corrected chi connectivity index (χ0v) is 10.3. The fourth-order valence-electron chi connectivity index (χ4n) is 1.64. The van der Waals surface area contributed by atoms with Gasteiger partial charge >= 0.3 is 0 Å². The van der Waals surface area contributed by atoms with E-state index in [1.807, 2.05) is 19.1 Å². The summed E-state index contributed by atoms with van der Waals surface area (Å²) in [4.78, 5) is 11.7. The van der Waals surface area contributed by atoms with E-state index < -0.39 is 0 Å². The molecule has 0 aliphatic heterocycles. The van der Waals surface area contributed by atoms with Crippen LogP contribution in [0.4, 0.5) is 5.69 Å². The van der Waals surface area contributed by atoms with Crippen LogP contribution in [-0.4, -0.2) is 24.7 Å². The standard InChI is InChI=1S/C13H19NO3/c1-10(9-17-2)7-13(16)14-12-6-4-3-5-11(12)8-15/h3-6,10,15H,7-9H2,1-2H3,(H,14,16). The van der Waals surface area contributed by atoms with Crippen LogP contribution in [0.25, 0.3) is 0 Å². The van der Waals surface area contributed by atoms with Crippen LogP contribution in [0.15, 0.2) is 24.3 Å². The Bertz CT molecular complexity index is 365. The second kappa shape index (κ2) is 7.04. The second-order valence-corrected chi connectivity index (χ2v) is 4.13. The highest BCUT2D eigenvalue weighted by Gasteiger charge is 2.10. The average Bonchev–Trinajstić information content (AvgIpc) is 2.29. The largest absolute Gasteiger partial charge is 0.392 e. The van der Waals surface area contributed by atoms with Gasteiger partial charge in [0.05, 0.1) is 6.61 Å². The molecule has 1 aromatic carbocycles. The van der Waals surface area contributed by atoms with E-state index in [2.05, 4.69) is 5.32 Å². The Kier molecular flexibility index (Phi) is 5.66. The number of nitrogens with one attached hydrogen (secondary N) is 1. The molecular formula is C13H19NO3. The third-order valence-corrected chi connectivity index (χ3v) is 2.45. The molecule has 17 heavy (non-hydrogen) atoms. The Hall–Kier alpha value is -1.39. The van der Waals surface area contributed by atoms with Gasteiger partial charge in [-0.15, -0.1) is 0 Å². The van der Waals surface area contributed by atoms with E-state index in [4.69, 9.17) is 9.84 Å². The minimum Gasteiger partial charge on any atom is -0.392 e. The number of rotatable bonds is 6. The molecule has 0 radical (unpaired) electrons. The molecule has 1 atom stereocenters. The third-order valence-electron chi connectivity index (χ3n) is 2.45. The summed E-state index contributed by atoms with van der Waals surface area (Å²) in [5.74, 6) is 0.122. The minimum absolute atomic E-state index is 0.0598. The molecule has 0 bridgehead atoms. The first-order valence-electron chi connectivity index (χ1n) is 5.65. The number of hydrogen-bond acceptors (Lipinski definition) is 3. The predicted octanol–water partition coefficient (Wildman–Crippen LogP) is 1.79. The smallest absolute Gasteiger partial charge is 0.224 e. The highest BCUT2D eigenvalue weighted by molar-refractivity contribution is 5.91. The zero-order valence-electron chi connectivity index (χ0n) is 10.3. The first kappa shape index (κ1) is 13.7. The summed E-state index contributed by atoms with van der Waals surface area (Å²) in [5.41, 5.74) is 1.39. The molecular weight excluding hydrogens is 218 g/mol. The molecule has 0 saturated carbocycles. The van der Waals surface area contributed by atoms with Crippen LogP contribution in [0, 0.1) is 5.92 Å². The maximum absolute atomic E-state index is 11.7. The molecule has 0 aromatic heterocycles. The van der Waals surface area contributed by atoms with Crippen molar-refractivity contribution < 1.29 is 14.6 Å². The number of ether oxygens (including phenoxy) is 1. The molecule has 2 N–H and O–H groups in total. The van der Waals surface area contributed by atoms with E-state index in [-0.39, 0.29) is 18.4 Å². The third kappa shape index (κ3) is 4.54. The van der Waals surface area contributed by atoms with E-state index in [0.717, 1.165) is 5.56 Å². The molecule has 94 valence electrons.